The number of unbranched alkanes of at least 4 members (excludes halogenated alkanes) is 3. The first kappa shape index (κ1) is 16.8. The highest BCUT2D eigenvalue weighted by Crippen LogP contribution is 2.28. The Morgan fingerprint density at radius 2 is 1.68 bits per heavy atom. The largest absolute Gasteiger partial charge is 0.279 e. The van der Waals surface area contributed by atoms with Gasteiger partial charge in [0.05, 0.1) is 0 Å². The van der Waals surface area contributed by atoms with Crippen molar-refractivity contribution in [3.63, 3.8) is 0 Å². The molecule has 0 fully saturated rings. The fourth-order valence-electron chi connectivity index (χ4n) is 2.19. The van der Waals surface area contributed by atoms with Crippen molar-refractivity contribution in [3.8, 4) is 0 Å². The Labute approximate surface area is 124 Å². The summed E-state index contributed by atoms with van der Waals surface area (Å²) in [6.07, 6.45) is 9.56. The van der Waals surface area contributed by atoms with Gasteiger partial charge in [0.15, 0.2) is 0 Å². The first-order chi connectivity index (χ1) is 9.29. The summed E-state index contributed by atoms with van der Waals surface area (Å²) < 4.78 is 6.57. The van der Waals surface area contributed by atoms with Crippen LogP contribution in [0.15, 0.2) is 20.3 Å². The topological polar surface area (TPSA) is 25.2 Å². The lowest BCUT2D eigenvalue weighted by atomic mass is 10.3. The molecule has 0 saturated heterocycles. The second kappa shape index (κ2) is 9.65. The van der Waals surface area contributed by atoms with Crippen molar-refractivity contribution in [2.24, 2.45) is 4.36 Å². The molecule has 0 aliphatic carbocycles. The first-order valence-corrected chi connectivity index (χ1v) is 10.7. The molecule has 1 rings (SSSR count). The molecule has 0 aliphatic heterocycles. The monoisotopic (exact) mass is 302 g/mol. The molecule has 1 heterocycles. The van der Waals surface area contributed by atoms with E-state index in [0.717, 1.165) is 6.54 Å². The lowest BCUT2D eigenvalue weighted by Crippen LogP contribution is -2.22. The molecule has 0 spiro atoms. The number of hydrogen-bond donors (Lipinski definition) is 1. The number of nitrogens with zero attached hydrogens (tertiary/aromatic N) is 2. The average Bonchev–Trinajstić information content (AvgIpc) is 2.96. The summed E-state index contributed by atoms with van der Waals surface area (Å²) in [5, 5.41) is 2.12. The molecule has 4 heteroatoms. The molecule has 0 atom stereocenters. The molecule has 1 aromatic rings. The van der Waals surface area contributed by atoms with Crippen molar-refractivity contribution in [1.82, 2.24) is 4.98 Å². The summed E-state index contributed by atoms with van der Waals surface area (Å²) in [5.74, 6) is 2.56. The van der Waals surface area contributed by atoms with Crippen LogP contribution in [0.25, 0.3) is 0 Å². The smallest absolute Gasteiger partial charge is 0.140 e. The molecule has 0 unspecified atom stereocenters. The van der Waals surface area contributed by atoms with Crippen LogP contribution < -0.4 is 0 Å². The fourth-order valence-corrected chi connectivity index (χ4v) is 7.73. The maximum atomic E-state index is 5.22. The Balaban J connectivity index is 2.97. The minimum absolute atomic E-state index is 1.04. The van der Waals surface area contributed by atoms with Crippen LogP contribution in [0, 0.1) is 0 Å². The second-order valence-electron chi connectivity index (χ2n) is 5.11. The minimum Gasteiger partial charge on any atom is -0.279 e. The van der Waals surface area contributed by atoms with Gasteiger partial charge in [0.1, 0.15) is 4.34 Å². The zero-order valence-electron chi connectivity index (χ0n) is 12.8. The van der Waals surface area contributed by atoms with E-state index in [1.165, 1.54) is 54.4 Å². The van der Waals surface area contributed by atoms with Gasteiger partial charge in [-0.2, -0.15) is 0 Å². The molecule has 1 aromatic heterocycles. The Bertz CT molecular complexity index is 360. The van der Waals surface area contributed by atoms with Crippen molar-refractivity contribution in [2.75, 3.05) is 18.1 Å². The molecule has 0 amide bonds. The Kier molecular flexibility index (Phi) is 8.55. The molecular weight excluding hydrogens is 272 g/mol. The Morgan fingerprint density at radius 3 is 2.16 bits per heavy atom. The molecule has 0 aromatic carbocycles. The van der Waals surface area contributed by atoms with Gasteiger partial charge in [0.25, 0.3) is 0 Å². The molecule has 0 bridgehead atoms. The predicted molar refractivity (Wildman–Crippen MR) is 90.9 cm³/mol. The highest BCUT2D eigenvalue weighted by molar-refractivity contribution is 8.06. The zero-order valence-corrected chi connectivity index (χ0v) is 14.5. The van der Waals surface area contributed by atoms with Crippen molar-refractivity contribution < 1.29 is 0 Å². The van der Waals surface area contributed by atoms with Crippen molar-refractivity contribution in [2.45, 2.75) is 63.6 Å². The normalized spacial score (nSPS) is 12.6. The van der Waals surface area contributed by atoms with Gasteiger partial charge in [-0.25, -0.2) is 4.98 Å². The van der Waals surface area contributed by atoms with Crippen LogP contribution >= 0.6 is 11.3 Å². The van der Waals surface area contributed by atoms with E-state index in [4.69, 9.17) is 4.36 Å². The molecule has 2 nitrogen and oxygen atoms in total. The van der Waals surface area contributed by atoms with Crippen LogP contribution in [-0.2, 0) is 9.82 Å². The average molecular weight is 303 g/mol. The van der Waals surface area contributed by atoms with Crippen LogP contribution in [-0.4, -0.2) is 23.0 Å². The Hall–Kier alpha value is -0.220. The molecule has 19 heavy (non-hydrogen) atoms. The summed E-state index contributed by atoms with van der Waals surface area (Å²) in [6, 6.07) is 0. The van der Waals surface area contributed by atoms with E-state index in [1.54, 1.807) is 0 Å². The van der Waals surface area contributed by atoms with Crippen LogP contribution in [0.3, 0.4) is 0 Å². The molecule has 0 radical (unpaired) electrons. The summed E-state index contributed by atoms with van der Waals surface area (Å²) in [7, 11) is -1.33. The molecular formula is C15H30N2S2. The van der Waals surface area contributed by atoms with Gasteiger partial charge in [0, 0.05) is 18.1 Å². The number of hydrogen-bond acceptors (Lipinski definition) is 3. The fraction of sp³-hybridized carbons (Fsp3) is 0.800. The maximum absolute atomic E-state index is 5.22. The van der Waals surface area contributed by atoms with Gasteiger partial charge in [0.2, 0.25) is 0 Å². The lowest BCUT2D eigenvalue weighted by molar-refractivity contribution is 0.806. The lowest BCUT2D eigenvalue weighted by Gasteiger charge is -2.28. The molecule has 0 N–H and O–H groups in total. The summed E-state index contributed by atoms with van der Waals surface area (Å²) >= 11 is 1.83. The standard InChI is InChI=1S/C15H30N2S2/c1-4-7-10-17-19(13-8-5-2,14-9-6-3)15-16-11-12-18-15/h11-12,19H,4-10,13-14H2,1-3H3. The number of rotatable bonds is 10. The zero-order chi connectivity index (χ0) is 14.0. The van der Waals surface area contributed by atoms with E-state index >= 15 is 0 Å². The summed E-state index contributed by atoms with van der Waals surface area (Å²) in [5.41, 5.74) is 0. The third-order valence-electron chi connectivity index (χ3n) is 3.42. The third kappa shape index (κ3) is 5.35. The highest BCUT2D eigenvalue weighted by Gasteiger charge is 2.18. The van der Waals surface area contributed by atoms with E-state index in [1.807, 2.05) is 17.5 Å². The number of thiol groups is 1. The third-order valence-corrected chi connectivity index (χ3v) is 9.01. The van der Waals surface area contributed by atoms with E-state index in [-0.39, 0.29) is 0 Å². The van der Waals surface area contributed by atoms with Crippen LogP contribution in [0.1, 0.15) is 59.3 Å². The highest BCUT2D eigenvalue weighted by atomic mass is 32.3. The molecule has 0 aliphatic rings. The minimum atomic E-state index is -1.33. The van der Waals surface area contributed by atoms with Crippen molar-refractivity contribution in [3.05, 3.63) is 11.6 Å². The van der Waals surface area contributed by atoms with E-state index in [0.29, 0.717) is 0 Å². The second-order valence-corrected chi connectivity index (χ2v) is 9.75. The maximum Gasteiger partial charge on any atom is 0.140 e. The van der Waals surface area contributed by atoms with Gasteiger partial charge < -0.3 is 0 Å². The molecule has 112 valence electrons. The SMILES string of the molecule is CCCCN=[SH](CCCC)(CCCC)c1nccs1. The van der Waals surface area contributed by atoms with Gasteiger partial charge >= 0.3 is 0 Å². The van der Waals surface area contributed by atoms with Crippen molar-refractivity contribution in [1.29, 1.82) is 0 Å². The first-order valence-electron chi connectivity index (χ1n) is 7.75. The van der Waals surface area contributed by atoms with E-state index < -0.39 is 9.82 Å². The number of thiazole rings is 1. The molecule has 0 saturated carbocycles. The Morgan fingerprint density at radius 1 is 1.05 bits per heavy atom. The van der Waals surface area contributed by atoms with Crippen LogP contribution in [0.5, 0.6) is 0 Å². The van der Waals surface area contributed by atoms with Crippen LogP contribution in [0.4, 0.5) is 0 Å². The number of aromatic nitrogens is 1. The van der Waals surface area contributed by atoms with E-state index in [2.05, 4.69) is 31.1 Å². The summed E-state index contributed by atoms with van der Waals surface area (Å²) in [4.78, 5) is 4.65. The van der Waals surface area contributed by atoms with Gasteiger partial charge in [-0.1, -0.05) is 40.0 Å². The van der Waals surface area contributed by atoms with E-state index in [9.17, 15) is 0 Å². The quantitative estimate of drug-likeness (QED) is 0.479. The summed E-state index contributed by atoms with van der Waals surface area (Å²) in [6.45, 7) is 7.85. The van der Waals surface area contributed by atoms with Gasteiger partial charge in [-0.3, -0.25) is 4.36 Å². The predicted octanol–water partition coefficient (Wildman–Crippen LogP) is 4.97. The van der Waals surface area contributed by atoms with Gasteiger partial charge in [-0.15, -0.1) is 21.2 Å². The van der Waals surface area contributed by atoms with Gasteiger partial charge in [-0.05, 0) is 30.8 Å². The van der Waals surface area contributed by atoms with Crippen LogP contribution in [0.2, 0.25) is 0 Å². The van der Waals surface area contributed by atoms with Crippen molar-refractivity contribution >= 4 is 21.2 Å².